The highest BCUT2D eigenvalue weighted by atomic mass is 19.2. The van der Waals surface area contributed by atoms with Gasteiger partial charge in [-0.15, -0.1) is 0 Å². The lowest BCUT2D eigenvalue weighted by Crippen LogP contribution is -2.21. The third-order valence-corrected chi connectivity index (χ3v) is 6.82. The summed E-state index contributed by atoms with van der Waals surface area (Å²) in [4.78, 5) is 0. The number of hydrogen-bond acceptors (Lipinski definition) is 2. The smallest absolute Gasteiger partial charge is 0.171 e. The van der Waals surface area contributed by atoms with Gasteiger partial charge in [-0.3, -0.25) is 0 Å². The van der Waals surface area contributed by atoms with Crippen LogP contribution in [0.5, 0.6) is 11.5 Å². The summed E-state index contributed by atoms with van der Waals surface area (Å²) in [5.41, 5.74) is -0.541. The number of halogens is 4. The molecule has 0 saturated heterocycles. The van der Waals surface area contributed by atoms with Crippen LogP contribution in [0.3, 0.4) is 0 Å². The Bertz CT molecular complexity index is 953. The second kappa shape index (κ2) is 9.72. The molecule has 0 aliphatic heterocycles. The van der Waals surface area contributed by atoms with Crippen LogP contribution in [0.15, 0.2) is 24.3 Å². The first-order valence-electron chi connectivity index (χ1n) is 11.6. The molecule has 0 N–H and O–H groups in total. The Balaban J connectivity index is 1.56. The van der Waals surface area contributed by atoms with Crippen molar-refractivity contribution < 1.29 is 27.0 Å². The third kappa shape index (κ3) is 4.20. The summed E-state index contributed by atoms with van der Waals surface area (Å²) in [6.07, 6.45) is 2.14. The van der Waals surface area contributed by atoms with Crippen molar-refractivity contribution in [3.63, 3.8) is 0 Å². The first-order chi connectivity index (χ1) is 15.5. The van der Waals surface area contributed by atoms with E-state index in [0.29, 0.717) is 12.5 Å². The maximum atomic E-state index is 15.2. The Labute approximate surface area is 186 Å². The van der Waals surface area contributed by atoms with Crippen LogP contribution in [-0.2, 0) is 0 Å². The van der Waals surface area contributed by atoms with E-state index in [9.17, 15) is 8.78 Å². The Morgan fingerprint density at radius 1 is 0.750 bits per heavy atom. The van der Waals surface area contributed by atoms with Crippen molar-refractivity contribution in [3.05, 3.63) is 47.0 Å². The zero-order valence-corrected chi connectivity index (χ0v) is 18.6. The molecule has 1 fully saturated rings. The van der Waals surface area contributed by atoms with E-state index in [4.69, 9.17) is 9.47 Å². The van der Waals surface area contributed by atoms with Gasteiger partial charge >= 0.3 is 0 Å². The van der Waals surface area contributed by atoms with Crippen LogP contribution in [0.1, 0.15) is 75.8 Å². The number of hydrogen-bond donors (Lipinski definition) is 0. The molecule has 0 aromatic heterocycles. The van der Waals surface area contributed by atoms with Crippen LogP contribution in [0.2, 0.25) is 0 Å². The Morgan fingerprint density at radius 3 is 1.75 bits per heavy atom. The Hall–Kier alpha value is -2.24. The van der Waals surface area contributed by atoms with Gasteiger partial charge in [-0.25, -0.2) is 17.6 Å². The molecule has 0 amide bonds. The molecule has 2 nitrogen and oxygen atoms in total. The molecule has 0 spiro atoms. The van der Waals surface area contributed by atoms with Gasteiger partial charge in [-0.05, 0) is 54.9 Å². The lowest BCUT2D eigenvalue weighted by molar-refractivity contribution is 0.154. The van der Waals surface area contributed by atoms with Crippen LogP contribution in [0.4, 0.5) is 17.6 Å². The number of benzene rings is 2. The average Bonchev–Trinajstić information content (AvgIpc) is 2.79. The number of ether oxygens (including phenoxy) is 2. The quantitative estimate of drug-likeness (QED) is 0.397. The van der Waals surface area contributed by atoms with Crippen molar-refractivity contribution in [2.45, 2.75) is 64.7 Å². The van der Waals surface area contributed by atoms with Gasteiger partial charge in [0, 0.05) is 11.1 Å². The SMILES string of the molecule is CCCC1CCC(COc2ccc3c(c2F)C(F)C(F)c2c-3ccc(OCC)c2F)CC1. The lowest BCUT2D eigenvalue weighted by Gasteiger charge is -2.30. The normalized spacial score (nSPS) is 24.6. The van der Waals surface area contributed by atoms with Gasteiger partial charge in [-0.1, -0.05) is 44.7 Å². The highest BCUT2D eigenvalue weighted by molar-refractivity contribution is 5.76. The van der Waals surface area contributed by atoms with E-state index in [0.717, 1.165) is 31.6 Å². The van der Waals surface area contributed by atoms with E-state index >= 15 is 8.78 Å². The molecule has 2 aliphatic carbocycles. The van der Waals surface area contributed by atoms with Gasteiger partial charge < -0.3 is 9.47 Å². The highest BCUT2D eigenvalue weighted by Gasteiger charge is 2.40. The number of rotatable bonds is 7. The molecule has 2 aromatic rings. The van der Waals surface area contributed by atoms with Crippen LogP contribution in [0.25, 0.3) is 11.1 Å². The molecule has 1 saturated carbocycles. The first-order valence-corrected chi connectivity index (χ1v) is 11.6. The van der Waals surface area contributed by atoms with E-state index in [-0.39, 0.29) is 29.2 Å². The van der Waals surface area contributed by atoms with E-state index in [1.165, 1.54) is 37.1 Å². The predicted molar refractivity (Wildman–Crippen MR) is 117 cm³/mol. The molecule has 2 unspecified atom stereocenters. The van der Waals surface area contributed by atoms with Gasteiger partial charge in [0.1, 0.15) is 0 Å². The van der Waals surface area contributed by atoms with E-state index in [1.54, 1.807) is 6.92 Å². The van der Waals surface area contributed by atoms with E-state index in [1.807, 2.05) is 0 Å². The van der Waals surface area contributed by atoms with Crippen LogP contribution in [-0.4, -0.2) is 13.2 Å². The minimum absolute atomic E-state index is 0.0795. The Morgan fingerprint density at radius 2 is 1.25 bits per heavy atom. The summed E-state index contributed by atoms with van der Waals surface area (Å²) in [5.74, 6) is -0.973. The minimum atomic E-state index is -2.32. The van der Waals surface area contributed by atoms with Gasteiger partial charge in [0.2, 0.25) is 0 Å². The second-order valence-corrected chi connectivity index (χ2v) is 8.90. The largest absolute Gasteiger partial charge is 0.491 e. The van der Waals surface area contributed by atoms with Gasteiger partial charge in [0.15, 0.2) is 35.5 Å². The molecule has 0 heterocycles. The summed E-state index contributed by atoms with van der Waals surface area (Å²) < 4.78 is 70.9. The fourth-order valence-corrected chi connectivity index (χ4v) is 5.13. The highest BCUT2D eigenvalue weighted by Crippen LogP contribution is 2.52. The fraction of sp³-hybridized carbons (Fsp3) is 0.538. The van der Waals surface area contributed by atoms with Crippen LogP contribution in [0, 0.1) is 23.5 Å². The van der Waals surface area contributed by atoms with Gasteiger partial charge in [0.05, 0.1) is 13.2 Å². The minimum Gasteiger partial charge on any atom is -0.491 e. The molecule has 2 aromatic carbocycles. The monoisotopic (exact) mass is 450 g/mol. The molecule has 0 radical (unpaired) electrons. The van der Waals surface area contributed by atoms with Crippen molar-refractivity contribution >= 4 is 0 Å². The van der Waals surface area contributed by atoms with Crippen molar-refractivity contribution in [2.75, 3.05) is 13.2 Å². The average molecular weight is 451 g/mol. The van der Waals surface area contributed by atoms with Gasteiger partial charge in [-0.2, -0.15) is 0 Å². The maximum Gasteiger partial charge on any atom is 0.171 e. The van der Waals surface area contributed by atoms with Crippen LogP contribution < -0.4 is 9.47 Å². The maximum absolute atomic E-state index is 15.2. The molecular formula is C26H30F4O2. The van der Waals surface area contributed by atoms with E-state index in [2.05, 4.69) is 6.92 Å². The molecule has 32 heavy (non-hydrogen) atoms. The number of alkyl halides is 2. The summed E-state index contributed by atoms with van der Waals surface area (Å²) in [5, 5.41) is 0. The molecule has 0 bridgehead atoms. The number of fused-ring (bicyclic) bond motifs is 3. The van der Waals surface area contributed by atoms with Crippen molar-refractivity contribution in [1.29, 1.82) is 0 Å². The molecule has 2 atom stereocenters. The summed E-state index contributed by atoms with van der Waals surface area (Å²) >= 11 is 0. The molecular weight excluding hydrogens is 420 g/mol. The predicted octanol–water partition coefficient (Wildman–Crippen LogP) is 8.05. The molecule has 174 valence electrons. The van der Waals surface area contributed by atoms with Crippen molar-refractivity contribution in [3.8, 4) is 22.6 Å². The zero-order chi connectivity index (χ0) is 22.8. The van der Waals surface area contributed by atoms with Gasteiger partial charge in [0.25, 0.3) is 0 Å². The topological polar surface area (TPSA) is 18.5 Å². The summed E-state index contributed by atoms with van der Waals surface area (Å²) in [6.45, 7) is 4.41. The summed E-state index contributed by atoms with van der Waals surface area (Å²) in [7, 11) is 0. The third-order valence-electron chi connectivity index (χ3n) is 6.82. The molecule has 2 aliphatic rings. The molecule has 6 heteroatoms. The Kier molecular flexibility index (Phi) is 6.96. The van der Waals surface area contributed by atoms with Crippen molar-refractivity contribution in [2.24, 2.45) is 11.8 Å². The lowest BCUT2D eigenvalue weighted by atomic mass is 9.80. The summed E-state index contributed by atoms with van der Waals surface area (Å²) in [6, 6.07) is 5.74. The fourth-order valence-electron chi connectivity index (χ4n) is 5.13. The zero-order valence-electron chi connectivity index (χ0n) is 18.6. The van der Waals surface area contributed by atoms with E-state index < -0.39 is 35.1 Å². The second-order valence-electron chi connectivity index (χ2n) is 8.90. The molecule has 4 rings (SSSR count). The van der Waals surface area contributed by atoms with Crippen molar-refractivity contribution in [1.82, 2.24) is 0 Å². The standard InChI is InChI=1S/C26H30F4O2/c1-3-5-15-6-8-16(9-7-15)14-32-20-13-11-18-17-10-12-19(31-4-2)23(27)21(17)25(29)26(30)22(18)24(20)28/h10-13,15-16,25-26H,3-9,14H2,1-2H3. The van der Waals surface area contributed by atoms with Crippen LogP contribution >= 0.6 is 0 Å². The first kappa shape index (κ1) is 22.9.